The van der Waals surface area contributed by atoms with Crippen LogP contribution in [0.15, 0.2) is 42.5 Å². The average Bonchev–Trinajstić information content (AvgIpc) is 3.22. The molecular weight excluding hydrogens is 302 g/mol. The van der Waals surface area contributed by atoms with Gasteiger partial charge in [0.1, 0.15) is 0 Å². The first kappa shape index (κ1) is 14.8. The average molecular weight is 321 g/mol. The number of carbonyl (C=O) groups is 2. The monoisotopic (exact) mass is 321 g/mol. The van der Waals surface area contributed by atoms with Crippen LogP contribution in [0.4, 0.5) is 17.1 Å². The number of rotatable bonds is 3. The van der Waals surface area contributed by atoms with Crippen molar-refractivity contribution in [1.29, 1.82) is 0 Å². The zero-order valence-corrected chi connectivity index (χ0v) is 13.3. The second-order valence-corrected chi connectivity index (χ2v) is 6.20. The molecule has 0 atom stereocenters. The number of nitrogens with one attached hydrogen (secondary N) is 2. The molecule has 5 nitrogen and oxygen atoms in total. The predicted molar refractivity (Wildman–Crippen MR) is 94.6 cm³/mol. The van der Waals surface area contributed by atoms with E-state index >= 15 is 0 Å². The smallest absolute Gasteiger partial charge is 0.255 e. The van der Waals surface area contributed by atoms with Crippen LogP contribution in [0.5, 0.6) is 0 Å². The molecule has 2 amide bonds. The van der Waals surface area contributed by atoms with Gasteiger partial charge in [-0.25, -0.2) is 0 Å². The summed E-state index contributed by atoms with van der Waals surface area (Å²) in [5.41, 5.74) is 4.49. The van der Waals surface area contributed by atoms with E-state index in [1.807, 2.05) is 42.5 Å². The highest BCUT2D eigenvalue weighted by Crippen LogP contribution is 2.26. The quantitative estimate of drug-likeness (QED) is 0.913. The van der Waals surface area contributed by atoms with Crippen LogP contribution < -0.4 is 15.5 Å². The summed E-state index contributed by atoms with van der Waals surface area (Å²) >= 11 is 0. The molecule has 0 spiro atoms. The molecule has 2 N–H and O–H groups in total. The Morgan fingerprint density at radius 1 is 1.12 bits per heavy atom. The zero-order valence-electron chi connectivity index (χ0n) is 13.3. The fourth-order valence-corrected chi connectivity index (χ4v) is 3.32. The molecule has 0 bridgehead atoms. The van der Waals surface area contributed by atoms with Crippen molar-refractivity contribution >= 4 is 28.9 Å². The lowest BCUT2D eigenvalue weighted by Crippen LogP contribution is -2.23. The molecular formula is C19H19N3O2. The van der Waals surface area contributed by atoms with Gasteiger partial charge in [-0.1, -0.05) is 6.07 Å². The third kappa shape index (κ3) is 2.73. The Morgan fingerprint density at radius 2 is 2.04 bits per heavy atom. The van der Waals surface area contributed by atoms with E-state index < -0.39 is 0 Å². The van der Waals surface area contributed by atoms with E-state index in [0.717, 1.165) is 37.3 Å². The maximum atomic E-state index is 12.5. The Bertz CT molecular complexity index is 816. The lowest BCUT2D eigenvalue weighted by atomic mass is 10.1. The summed E-state index contributed by atoms with van der Waals surface area (Å²) in [6, 6.07) is 13.2. The van der Waals surface area contributed by atoms with Gasteiger partial charge in [-0.15, -0.1) is 0 Å². The van der Waals surface area contributed by atoms with E-state index in [1.54, 1.807) is 4.90 Å². The Kier molecular flexibility index (Phi) is 3.69. The van der Waals surface area contributed by atoms with Crippen LogP contribution in [0.3, 0.4) is 0 Å². The van der Waals surface area contributed by atoms with Gasteiger partial charge in [0.05, 0.1) is 0 Å². The summed E-state index contributed by atoms with van der Waals surface area (Å²) in [4.78, 5) is 26.1. The highest BCUT2D eigenvalue weighted by Gasteiger charge is 2.22. The lowest BCUT2D eigenvalue weighted by molar-refractivity contribution is -0.117. The molecule has 2 aromatic carbocycles. The molecule has 0 aliphatic carbocycles. The van der Waals surface area contributed by atoms with E-state index in [4.69, 9.17) is 0 Å². The molecule has 2 aromatic rings. The van der Waals surface area contributed by atoms with Crippen molar-refractivity contribution in [1.82, 2.24) is 0 Å². The minimum absolute atomic E-state index is 0.130. The molecule has 1 saturated heterocycles. The normalized spacial score (nSPS) is 16.0. The van der Waals surface area contributed by atoms with Crippen LogP contribution >= 0.6 is 0 Å². The second-order valence-electron chi connectivity index (χ2n) is 6.20. The van der Waals surface area contributed by atoms with Gasteiger partial charge in [-0.2, -0.15) is 0 Å². The number of fused-ring (bicyclic) bond motifs is 1. The number of benzene rings is 2. The molecule has 0 aromatic heterocycles. The first-order valence-electron chi connectivity index (χ1n) is 8.29. The Hall–Kier alpha value is -2.82. The van der Waals surface area contributed by atoms with Crippen molar-refractivity contribution in [2.24, 2.45) is 0 Å². The topological polar surface area (TPSA) is 61.4 Å². The summed E-state index contributed by atoms with van der Waals surface area (Å²) < 4.78 is 0. The van der Waals surface area contributed by atoms with Crippen molar-refractivity contribution in [3.05, 3.63) is 53.6 Å². The lowest BCUT2D eigenvalue weighted by Gasteiger charge is -2.17. The van der Waals surface area contributed by atoms with Crippen molar-refractivity contribution < 1.29 is 9.59 Å². The molecule has 24 heavy (non-hydrogen) atoms. The third-order valence-corrected chi connectivity index (χ3v) is 4.57. The first-order chi connectivity index (χ1) is 11.7. The molecule has 4 rings (SSSR count). The fraction of sp³-hybridized carbons (Fsp3) is 0.263. The maximum absolute atomic E-state index is 12.5. The van der Waals surface area contributed by atoms with E-state index in [9.17, 15) is 9.59 Å². The number of hydrogen-bond donors (Lipinski definition) is 2. The highest BCUT2D eigenvalue weighted by atomic mass is 16.2. The third-order valence-electron chi connectivity index (χ3n) is 4.57. The van der Waals surface area contributed by atoms with Gasteiger partial charge in [0.25, 0.3) is 5.91 Å². The van der Waals surface area contributed by atoms with E-state index in [0.29, 0.717) is 17.7 Å². The summed E-state index contributed by atoms with van der Waals surface area (Å²) in [7, 11) is 0. The van der Waals surface area contributed by atoms with Crippen molar-refractivity contribution in [2.45, 2.75) is 19.3 Å². The molecule has 122 valence electrons. The van der Waals surface area contributed by atoms with Gasteiger partial charge in [-0.05, 0) is 54.8 Å². The van der Waals surface area contributed by atoms with Crippen LogP contribution in [0.2, 0.25) is 0 Å². The van der Waals surface area contributed by atoms with Crippen molar-refractivity contribution in [2.75, 3.05) is 28.6 Å². The van der Waals surface area contributed by atoms with Gasteiger partial charge in [0.15, 0.2) is 0 Å². The predicted octanol–water partition coefficient (Wildman–Crippen LogP) is 3.03. The van der Waals surface area contributed by atoms with Crippen LogP contribution in [-0.2, 0) is 11.2 Å². The second kappa shape index (κ2) is 6.00. The minimum atomic E-state index is -0.130. The molecule has 5 heteroatoms. The maximum Gasteiger partial charge on any atom is 0.255 e. The highest BCUT2D eigenvalue weighted by molar-refractivity contribution is 6.05. The van der Waals surface area contributed by atoms with Gasteiger partial charge in [-0.3, -0.25) is 9.59 Å². The molecule has 0 saturated carbocycles. The number of hydrogen-bond acceptors (Lipinski definition) is 3. The summed E-state index contributed by atoms with van der Waals surface area (Å²) in [6.07, 6.45) is 2.43. The number of amides is 2. The summed E-state index contributed by atoms with van der Waals surface area (Å²) in [5.74, 6) is 0.0131. The van der Waals surface area contributed by atoms with E-state index in [1.165, 1.54) is 5.56 Å². The SMILES string of the molecule is O=C(Nc1cccc(N2CCCC2=O)c1)c1ccc2c(c1)CCN2. The summed E-state index contributed by atoms with van der Waals surface area (Å²) in [6.45, 7) is 1.67. The molecule has 2 aliphatic rings. The van der Waals surface area contributed by atoms with E-state index in [-0.39, 0.29) is 11.8 Å². The molecule has 2 heterocycles. The first-order valence-corrected chi connectivity index (χ1v) is 8.29. The summed E-state index contributed by atoms with van der Waals surface area (Å²) in [5, 5.41) is 6.22. The molecule has 1 fully saturated rings. The van der Waals surface area contributed by atoms with Gasteiger partial charge in [0, 0.05) is 42.1 Å². The van der Waals surface area contributed by atoms with E-state index in [2.05, 4.69) is 10.6 Å². The van der Waals surface area contributed by atoms with Crippen LogP contribution in [-0.4, -0.2) is 24.9 Å². The molecule has 0 unspecified atom stereocenters. The van der Waals surface area contributed by atoms with Gasteiger partial charge >= 0.3 is 0 Å². The number of carbonyl (C=O) groups excluding carboxylic acids is 2. The number of nitrogens with zero attached hydrogens (tertiary/aromatic N) is 1. The largest absolute Gasteiger partial charge is 0.384 e. The van der Waals surface area contributed by atoms with Crippen LogP contribution in [0.1, 0.15) is 28.8 Å². The number of anilines is 3. The van der Waals surface area contributed by atoms with Gasteiger partial charge < -0.3 is 15.5 Å². The Balaban J connectivity index is 1.52. The molecule has 2 aliphatic heterocycles. The standard InChI is InChI=1S/C19H19N3O2/c23-18-5-2-10-22(18)16-4-1-3-15(12-16)21-19(24)14-6-7-17-13(11-14)8-9-20-17/h1,3-4,6-7,11-12,20H,2,5,8-10H2,(H,21,24). The molecule has 0 radical (unpaired) electrons. The van der Waals surface area contributed by atoms with Gasteiger partial charge in [0.2, 0.25) is 5.91 Å². The Morgan fingerprint density at radius 3 is 2.88 bits per heavy atom. The minimum Gasteiger partial charge on any atom is -0.384 e. The van der Waals surface area contributed by atoms with Crippen molar-refractivity contribution in [3.8, 4) is 0 Å². The Labute approximate surface area is 140 Å². The zero-order chi connectivity index (χ0) is 16.5. The van der Waals surface area contributed by atoms with Crippen LogP contribution in [0.25, 0.3) is 0 Å². The van der Waals surface area contributed by atoms with Crippen molar-refractivity contribution in [3.63, 3.8) is 0 Å². The van der Waals surface area contributed by atoms with Crippen LogP contribution in [0, 0.1) is 0 Å². The fourth-order valence-electron chi connectivity index (χ4n) is 3.32.